The molecule has 2 unspecified atom stereocenters. The van der Waals surface area contributed by atoms with Crippen molar-refractivity contribution in [3.8, 4) is 11.5 Å². The fraction of sp³-hybridized carbons (Fsp3) is 0.389. The van der Waals surface area contributed by atoms with E-state index in [9.17, 15) is 45.3 Å². The van der Waals surface area contributed by atoms with Gasteiger partial charge in [-0.15, -0.1) is 26.3 Å². The maximum Gasteiger partial charge on any atom is 0.573 e. The minimum atomic E-state index is -5.00. The lowest BCUT2D eigenvalue weighted by molar-refractivity contribution is -0.276. The molecular formula is C36H38F8N10O4. The highest BCUT2D eigenvalue weighted by Gasteiger charge is 2.36. The molecule has 6 aromatic rings. The number of aliphatic hydroxyl groups is 2. The van der Waals surface area contributed by atoms with Gasteiger partial charge >= 0.3 is 12.7 Å². The van der Waals surface area contributed by atoms with Crippen LogP contribution in [0.15, 0.2) is 61.2 Å². The molecule has 0 fully saturated rings. The molecule has 0 bridgehead atoms. The molecule has 6 rings (SSSR count). The third kappa shape index (κ3) is 10.3. The summed E-state index contributed by atoms with van der Waals surface area (Å²) in [7, 11) is 0. The highest BCUT2D eigenvalue weighted by molar-refractivity contribution is 5.49. The van der Waals surface area contributed by atoms with Gasteiger partial charge in [0, 0.05) is 34.4 Å². The van der Waals surface area contributed by atoms with Crippen LogP contribution >= 0.6 is 0 Å². The quantitative estimate of drug-likeness (QED) is 0.0912. The molecule has 14 nitrogen and oxygen atoms in total. The summed E-state index contributed by atoms with van der Waals surface area (Å²) in [5.74, 6) is -2.56. The zero-order valence-corrected chi connectivity index (χ0v) is 31.7. The molecule has 0 saturated carbocycles. The van der Waals surface area contributed by atoms with E-state index < -0.39 is 58.8 Å². The first-order valence-corrected chi connectivity index (χ1v) is 17.2. The highest BCUT2D eigenvalue weighted by atomic mass is 19.4. The van der Waals surface area contributed by atoms with Gasteiger partial charge in [0.1, 0.15) is 24.3 Å². The normalized spacial score (nSPS) is 13.5. The molecule has 4 N–H and O–H groups in total. The maximum atomic E-state index is 14.3. The van der Waals surface area contributed by atoms with Gasteiger partial charge in [0.2, 0.25) is 0 Å². The number of anilines is 2. The number of hydrogen-bond donors (Lipinski definition) is 4. The standard InChI is InChI=1S/2C18H19F4N5O2/c2*1-10-6-14(27-16(25-10)23-9-24-27)26-15(17(2,3)8-28)11-4-5-13(12(19)7-11)29-18(20,21)22/h2*4-7,9,15,26,28H,8H2,1-3H3. The third-order valence-electron chi connectivity index (χ3n) is 8.75. The van der Waals surface area contributed by atoms with E-state index >= 15 is 0 Å². The molecule has 2 atom stereocenters. The number of alkyl halides is 6. The van der Waals surface area contributed by atoms with Crippen molar-refractivity contribution < 1.29 is 54.8 Å². The fourth-order valence-corrected chi connectivity index (χ4v) is 5.81. The number of aliphatic hydroxyl groups excluding tert-OH is 2. The van der Waals surface area contributed by atoms with Gasteiger partial charge < -0.3 is 30.3 Å². The van der Waals surface area contributed by atoms with Gasteiger partial charge in [0.15, 0.2) is 23.1 Å². The molecule has 0 aliphatic rings. The topological polar surface area (TPSA) is 169 Å². The second-order valence-corrected chi connectivity index (χ2v) is 14.4. The number of fused-ring (bicyclic) bond motifs is 2. The van der Waals surface area contributed by atoms with Crippen LogP contribution < -0.4 is 20.1 Å². The summed E-state index contributed by atoms with van der Waals surface area (Å²) in [5.41, 5.74) is 0.297. The van der Waals surface area contributed by atoms with E-state index in [1.165, 1.54) is 33.8 Å². The summed E-state index contributed by atoms with van der Waals surface area (Å²) in [6.07, 6.45) is -7.36. The number of ether oxygens (including phenoxy) is 2. The first kappa shape index (κ1) is 43.2. The van der Waals surface area contributed by atoms with E-state index in [1.807, 2.05) is 0 Å². The second kappa shape index (κ2) is 16.5. The minimum Gasteiger partial charge on any atom is -0.403 e. The van der Waals surface area contributed by atoms with Crippen molar-refractivity contribution >= 4 is 23.2 Å². The maximum absolute atomic E-state index is 14.3. The number of rotatable bonds is 12. The van der Waals surface area contributed by atoms with Crippen LogP contribution in [0.3, 0.4) is 0 Å². The van der Waals surface area contributed by atoms with Crippen molar-refractivity contribution in [3.05, 3.63) is 95.3 Å². The first-order chi connectivity index (χ1) is 27.0. The number of nitrogens with zero attached hydrogens (tertiary/aromatic N) is 8. The summed E-state index contributed by atoms with van der Waals surface area (Å²) in [6.45, 7) is 9.88. The first-order valence-electron chi connectivity index (χ1n) is 17.2. The Hall–Kier alpha value is -5.90. The van der Waals surface area contributed by atoms with Crippen LogP contribution in [0.5, 0.6) is 11.5 Å². The van der Waals surface area contributed by atoms with Crippen molar-refractivity contribution in [2.75, 3.05) is 23.8 Å². The number of nitrogens with one attached hydrogen (secondary N) is 2. The van der Waals surface area contributed by atoms with Gasteiger partial charge in [0.05, 0.1) is 25.3 Å². The van der Waals surface area contributed by atoms with E-state index in [1.54, 1.807) is 53.7 Å². The fourth-order valence-electron chi connectivity index (χ4n) is 5.81. The van der Waals surface area contributed by atoms with Crippen molar-refractivity contribution in [1.82, 2.24) is 39.2 Å². The summed E-state index contributed by atoms with van der Waals surface area (Å²) < 4.78 is 113. The van der Waals surface area contributed by atoms with Gasteiger partial charge in [-0.3, -0.25) is 0 Å². The van der Waals surface area contributed by atoms with E-state index in [2.05, 4.69) is 50.2 Å². The molecule has 0 aliphatic heterocycles. The van der Waals surface area contributed by atoms with Crippen LogP contribution in [0.25, 0.3) is 11.6 Å². The lowest BCUT2D eigenvalue weighted by Gasteiger charge is -2.34. The SMILES string of the molecule is Cc1cc(NC(c2ccc(OC(F)(F)F)c(F)c2)C(C)(C)CO)n2ncnc2n1.Cc1cc(NC(c2ccc(OC(F)(F)F)c(F)c2)C(C)(C)CO)n2ncnc2n1. The van der Waals surface area contributed by atoms with Crippen molar-refractivity contribution in [2.24, 2.45) is 10.8 Å². The number of benzene rings is 2. The van der Waals surface area contributed by atoms with Gasteiger partial charge in [-0.2, -0.15) is 29.2 Å². The molecule has 4 heterocycles. The predicted octanol–water partition coefficient (Wildman–Crippen LogP) is 7.28. The third-order valence-corrected chi connectivity index (χ3v) is 8.75. The number of halogens is 8. The Labute approximate surface area is 324 Å². The smallest absolute Gasteiger partial charge is 0.403 e. The van der Waals surface area contributed by atoms with E-state index in [0.717, 1.165) is 24.3 Å². The Morgan fingerprint density at radius 3 is 1.29 bits per heavy atom. The van der Waals surface area contributed by atoms with Crippen LogP contribution in [0, 0.1) is 36.3 Å². The van der Waals surface area contributed by atoms with Crippen LogP contribution in [0.4, 0.5) is 46.8 Å². The molecule has 2 aromatic carbocycles. The predicted molar refractivity (Wildman–Crippen MR) is 192 cm³/mol. The lowest BCUT2D eigenvalue weighted by atomic mass is 9.81. The average Bonchev–Trinajstić information content (AvgIpc) is 3.80. The lowest BCUT2D eigenvalue weighted by Crippen LogP contribution is -2.32. The van der Waals surface area contributed by atoms with Crippen LogP contribution in [0.1, 0.15) is 62.3 Å². The largest absolute Gasteiger partial charge is 0.573 e. The Kier molecular flexibility index (Phi) is 12.3. The minimum absolute atomic E-state index is 0.280. The van der Waals surface area contributed by atoms with Gasteiger partial charge in [-0.1, -0.05) is 39.8 Å². The van der Waals surface area contributed by atoms with E-state index in [4.69, 9.17) is 0 Å². The second-order valence-electron chi connectivity index (χ2n) is 14.4. The summed E-state index contributed by atoms with van der Waals surface area (Å²) in [4.78, 5) is 16.5. The highest BCUT2D eigenvalue weighted by Crippen LogP contribution is 2.40. The molecule has 312 valence electrons. The van der Waals surface area contributed by atoms with Gasteiger partial charge in [-0.05, 0) is 49.2 Å². The number of hydrogen-bond acceptors (Lipinski definition) is 12. The van der Waals surface area contributed by atoms with E-state index in [-0.39, 0.29) is 13.2 Å². The molecule has 0 amide bonds. The molecule has 0 radical (unpaired) electrons. The molecule has 0 saturated heterocycles. The molecule has 0 aliphatic carbocycles. The molecule has 58 heavy (non-hydrogen) atoms. The molecular weight excluding hydrogens is 788 g/mol. The van der Waals surface area contributed by atoms with Crippen LogP contribution in [-0.4, -0.2) is 75.3 Å². The molecule has 4 aromatic heterocycles. The van der Waals surface area contributed by atoms with Crippen LogP contribution in [-0.2, 0) is 0 Å². The van der Waals surface area contributed by atoms with Gasteiger partial charge in [0.25, 0.3) is 11.6 Å². The Morgan fingerprint density at radius 2 is 0.983 bits per heavy atom. The van der Waals surface area contributed by atoms with Crippen molar-refractivity contribution in [1.29, 1.82) is 0 Å². The summed E-state index contributed by atoms with van der Waals surface area (Å²) >= 11 is 0. The average molecular weight is 827 g/mol. The molecule has 22 heteroatoms. The monoisotopic (exact) mass is 826 g/mol. The Morgan fingerprint density at radius 1 is 0.621 bits per heavy atom. The zero-order chi connectivity index (χ0) is 42.8. The zero-order valence-electron chi connectivity index (χ0n) is 31.7. The summed E-state index contributed by atoms with van der Waals surface area (Å²) in [6, 6.07) is 8.35. The number of aromatic nitrogens is 8. The van der Waals surface area contributed by atoms with Crippen molar-refractivity contribution in [2.45, 2.75) is 66.4 Å². The Balaban J connectivity index is 0.000000221. The van der Waals surface area contributed by atoms with Gasteiger partial charge in [-0.25, -0.2) is 18.7 Å². The van der Waals surface area contributed by atoms with Crippen molar-refractivity contribution in [3.63, 3.8) is 0 Å². The van der Waals surface area contributed by atoms with E-state index in [0.29, 0.717) is 45.7 Å². The number of aryl methyl sites for hydroxylation is 2. The molecule has 0 spiro atoms. The Bertz CT molecular complexity index is 2200. The summed E-state index contributed by atoms with van der Waals surface area (Å²) in [5, 5.41) is 34.2. The van der Waals surface area contributed by atoms with Crippen LogP contribution in [0.2, 0.25) is 0 Å².